The van der Waals surface area contributed by atoms with Crippen LogP contribution in [-0.2, 0) is 0 Å². The first-order valence-corrected chi connectivity index (χ1v) is 3.34. The van der Waals surface area contributed by atoms with Gasteiger partial charge >= 0.3 is 62.5 Å². The molecular formula is C6H5OSb. The zero-order chi connectivity index (χ0) is 5.82. The van der Waals surface area contributed by atoms with Crippen LogP contribution in [0.4, 0.5) is 0 Å². The van der Waals surface area contributed by atoms with Crippen LogP contribution in [0.5, 0.6) is 5.75 Å². The molecule has 8 heavy (non-hydrogen) atoms. The van der Waals surface area contributed by atoms with Gasteiger partial charge in [-0.15, -0.1) is 0 Å². The SMILES string of the molecule is [Sb][O]c1ccccc1. The van der Waals surface area contributed by atoms with Gasteiger partial charge < -0.3 is 0 Å². The second-order valence-corrected chi connectivity index (χ2v) is 1.93. The fourth-order valence-electron chi connectivity index (χ4n) is 0.481. The van der Waals surface area contributed by atoms with Gasteiger partial charge in [0.25, 0.3) is 0 Å². The third-order valence-electron chi connectivity index (χ3n) is 0.849. The van der Waals surface area contributed by atoms with Crippen molar-refractivity contribution in [2.45, 2.75) is 0 Å². The Balaban J connectivity index is 2.83. The molecule has 0 atom stereocenters. The minimum absolute atomic E-state index is 0.932. The molecule has 1 nitrogen and oxygen atoms in total. The Morgan fingerprint density at radius 2 is 1.75 bits per heavy atom. The predicted molar refractivity (Wildman–Crippen MR) is 32.8 cm³/mol. The first kappa shape index (κ1) is 5.97. The van der Waals surface area contributed by atoms with Gasteiger partial charge in [0.2, 0.25) is 0 Å². The summed E-state index contributed by atoms with van der Waals surface area (Å²) in [6.07, 6.45) is 0. The molecule has 0 amide bonds. The Bertz CT molecular complexity index is 150. The summed E-state index contributed by atoms with van der Waals surface area (Å²) in [6.45, 7) is 0. The van der Waals surface area contributed by atoms with Gasteiger partial charge in [-0.2, -0.15) is 0 Å². The van der Waals surface area contributed by atoms with Crippen molar-refractivity contribution in [2.24, 2.45) is 0 Å². The summed E-state index contributed by atoms with van der Waals surface area (Å²) in [5.74, 6) is 0.932. The van der Waals surface area contributed by atoms with Crippen molar-refractivity contribution in [3.63, 3.8) is 0 Å². The van der Waals surface area contributed by atoms with Crippen LogP contribution in [0.3, 0.4) is 0 Å². The van der Waals surface area contributed by atoms with Crippen LogP contribution < -0.4 is 3.02 Å². The second-order valence-electron chi connectivity index (χ2n) is 1.40. The molecule has 1 aromatic rings. The molecule has 0 aliphatic rings. The Morgan fingerprint density at radius 1 is 1.12 bits per heavy atom. The molecule has 0 aliphatic heterocycles. The Hall–Kier alpha value is -0.162. The van der Waals surface area contributed by atoms with Gasteiger partial charge in [0.05, 0.1) is 0 Å². The van der Waals surface area contributed by atoms with Gasteiger partial charge in [0.1, 0.15) is 0 Å². The van der Waals surface area contributed by atoms with E-state index in [-0.39, 0.29) is 0 Å². The van der Waals surface area contributed by atoms with Crippen LogP contribution in [0.1, 0.15) is 0 Å². The van der Waals surface area contributed by atoms with Crippen LogP contribution >= 0.6 is 0 Å². The van der Waals surface area contributed by atoms with Crippen LogP contribution in [0.25, 0.3) is 0 Å². The number of para-hydroxylation sites is 1. The molecule has 0 aromatic heterocycles. The molecule has 0 heterocycles. The van der Waals surface area contributed by atoms with Crippen molar-refractivity contribution in [2.75, 3.05) is 0 Å². The normalized spacial score (nSPS) is 8.62. The fourth-order valence-corrected chi connectivity index (χ4v) is 0.829. The van der Waals surface area contributed by atoms with Crippen molar-refractivity contribution in [1.82, 2.24) is 0 Å². The first-order valence-electron chi connectivity index (χ1n) is 2.30. The van der Waals surface area contributed by atoms with E-state index >= 15 is 0 Å². The summed E-state index contributed by atoms with van der Waals surface area (Å²) in [4.78, 5) is 0. The minimum atomic E-state index is 0.932. The van der Waals surface area contributed by atoms with Gasteiger partial charge in [-0.1, -0.05) is 0 Å². The van der Waals surface area contributed by atoms with E-state index in [0.717, 1.165) is 5.75 Å². The summed E-state index contributed by atoms with van der Waals surface area (Å²) in [6, 6.07) is 9.73. The molecule has 0 N–H and O–H groups in total. The third kappa shape index (κ3) is 1.41. The van der Waals surface area contributed by atoms with E-state index in [9.17, 15) is 0 Å². The number of hydrogen-bond acceptors (Lipinski definition) is 1. The summed E-state index contributed by atoms with van der Waals surface area (Å²) in [5.41, 5.74) is 0. The van der Waals surface area contributed by atoms with Crippen LogP contribution in [-0.4, -0.2) is 23.4 Å². The van der Waals surface area contributed by atoms with Gasteiger partial charge in [0, 0.05) is 0 Å². The van der Waals surface area contributed by atoms with Crippen molar-refractivity contribution >= 4 is 23.4 Å². The van der Waals surface area contributed by atoms with E-state index < -0.39 is 0 Å². The predicted octanol–water partition coefficient (Wildman–Crippen LogP) is 1.15. The summed E-state index contributed by atoms with van der Waals surface area (Å²) in [7, 11) is 0. The van der Waals surface area contributed by atoms with Gasteiger partial charge in [-0.25, -0.2) is 0 Å². The zero-order valence-electron chi connectivity index (χ0n) is 4.24. The Labute approximate surface area is 62.7 Å². The molecule has 0 saturated heterocycles. The van der Waals surface area contributed by atoms with Gasteiger partial charge in [0.15, 0.2) is 0 Å². The van der Waals surface area contributed by atoms with Crippen molar-refractivity contribution in [1.29, 1.82) is 0 Å². The van der Waals surface area contributed by atoms with Crippen LogP contribution in [0, 0.1) is 0 Å². The van der Waals surface area contributed by atoms with Gasteiger partial charge in [-0.05, 0) is 0 Å². The van der Waals surface area contributed by atoms with Crippen LogP contribution in [0.2, 0.25) is 0 Å². The molecule has 0 saturated carbocycles. The molecule has 0 bridgehead atoms. The topological polar surface area (TPSA) is 9.23 Å². The fraction of sp³-hybridized carbons (Fsp3) is 0. The van der Waals surface area contributed by atoms with Crippen molar-refractivity contribution in [3.05, 3.63) is 30.3 Å². The Kier molecular flexibility index (Phi) is 2.23. The molecule has 0 spiro atoms. The second kappa shape index (κ2) is 2.98. The Morgan fingerprint density at radius 3 is 2.12 bits per heavy atom. The van der Waals surface area contributed by atoms with Crippen molar-refractivity contribution in [3.8, 4) is 5.75 Å². The summed E-state index contributed by atoms with van der Waals surface area (Å²) >= 11 is 1.34. The molecule has 0 aliphatic carbocycles. The molecular weight excluding hydrogens is 210 g/mol. The average molecular weight is 215 g/mol. The summed E-state index contributed by atoms with van der Waals surface area (Å²) in [5, 5.41) is 0. The molecule has 0 unspecified atom stereocenters. The molecule has 1 rings (SSSR count). The van der Waals surface area contributed by atoms with E-state index in [1.54, 1.807) is 0 Å². The summed E-state index contributed by atoms with van der Waals surface area (Å²) < 4.78 is 4.96. The van der Waals surface area contributed by atoms with E-state index in [0.29, 0.717) is 0 Å². The van der Waals surface area contributed by atoms with Gasteiger partial charge in [-0.3, -0.25) is 0 Å². The monoisotopic (exact) mass is 214 g/mol. The maximum atomic E-state index is 4.96. The van der Waals surface area contributed by atoms with Crippen LogP contribution in [0.15, 0.2) is 30.3 Å². The molecule has 2 heteroatoms. The number of hydrogen-bond donors (Lipinski definition) is 0. The molecule has 0 fully saturated rings. The van der Waals surface area contributed by atoms with E-state index in [4.69, 9.17) is 3.02 Å². The quantitative estimate of drug-likeness (QED) is 0.638. The molecule has 40 valence electrons. The molecule has 2 radical (unpaired) electrons. The standard InChI is InChI=1S/C6H6O.Sb/c7-6-4-2-1-3-5-6;/h1-5,7H;/q;+1/p-1. The van der Waals surface area contributed by atoms with E-state index in [1.165, 1.54) is 23.4 Å². The first-order chi connectivity index (χ1) is 3.93. The zero-order valence-corrected chi connectivity index (χ0v) is 6.79. The van der Waals surface area contributed by atoms with Crippen molar-refractivity contribution < 1.29 is 3.02 Å². The maximum absolute atomic E-state index is 4.96. The number of rotatable bonds is 1. The average Bonchev–Trinajstić information content (AvgIpc) is 1.90. The van der Waals surface area contributed by atoms with E-state index in [1.807, 2.05) is 30.3 Å². The van der Waals surface area contributed by atoms with E-state index in [2.05, 4.69) is 0 Å². The number of benzene rings is 1. The molecule has 1 aromatic carbocycles. The third-order valence-corrected chi connectivity index (χ3v) is 1.45.